The summed E-state index contributed by atoms with van der Waals surface area (Å²) in [5.74, 6) is -1.20. The van der Waals surface area contributed by atoms with Gasteiger partial charge in [-0.15, -0.1) is 0 Å². The predicted molar refractivity (Wildman–Crippen MR) is 72.1 cm³/mol. The number of carbonyl (C=O) groups is 2. The predicted octanol–water partition coefficient (Wildman–Crippen LogP) is 1.37. The van der Waals surface area contributed by atoms with Gasteiger partial charge in [-0.3, -0.25) is 4.79 Å². The van der Waals surface area contributed by atoms with E-state index in [4.69, 9.17) is 10.4 Å². The minimum atomic E-state index is -0.994. The van der Waals surface area contributed by atoms with Crippen LogP contribution in [0.3, 0.4) is 0 Å². The number of aromatic nitrogens is 1. The molecular formula is C14H13N3O3. The van der Waals surface area contributed by atoms with E-state index in [-0.39, 0.29) is 24.4 Å². The van der Waals surface area contributed by atoms with Crippen LogP contribution in [-0.4, -0.2) is 28.1 Å². The Labute approximate surface area is 115 Å². The number of fused-ring (bicyclic) bond motifs is 1. The molecule has 0 radical (unpaired) electrons. The number of nitriles is 1. The molecule has 0 saturated carbocycles. The molecule has 2 N–H and O–H groups in total. The van der Waals surface area contributed by atoms with Gasteiger partial charge in [0.15, 0.2) is 0 Å². The smallest absolute Gasteiger partial charge is 0.336 e. The highest BCUT2D eigenvalue weighted by atomic mass is 16.4. The zero-order chi connectivity index (χ0) is 14.5. The summed E-state index contributed by atoms with van der Waals surface area (Å²) in [5.41, 5.74) is 0.909. The van der Waals surface area contributed by atoms with Crippen molar-refractivity contribution in [2.24, 2.45) is 0 Å². The van der Waals surface area contributed by atoms with Crippen LogP contribution in [0.25, 0.3) is 10.9 Å². The second kappa shape index (κ2) is 5.89. The molecule has 0 spiro atoms. The first-order valence-corrected chi connectivity index (χ1v) is 6.08. The first kappa shape index (κ1) is 13.6. The van der Waals surface area contributed by atoms with E-state index in [1.165, 1.54) is 6.07 Å². The van der Waals surface area contributed by atoms with Gasteiger partial charge in [0.2, 0.25) is 5.91 Å². The second-order valence-electron chi connectivity index (χ2n) is 4.25. The van der Waals surface area contributed by atoms with Crippen LogP contribution in [0.4, 0.5) is 0 Å². The maximum Gasteiger partial charge on any atom is 0.336 e. The van der Waals surface area contributed by atoms with Gasteiger partial charge in [0.05, 0.1) is 18.1 Å². The Morgan fingerprint density at radius 2 is 2.15 bits per heavy atom. The summed E-state index contributed by atoms with van der Waals surface area (Å²) >= 11 is 0. The number of hydrogen-bond donors (Lipinski definition) is 2. The van der Waals surface area contributed by atoms with Crippen LogP contribution >= 0.6 is 0 Å². The zero-order valence-electron chi connectivity index (χ0n) is 10.7. The van der Waals surface area contributed by atoms with Crippen molar-refractivity contribution in [2.75, 3.05) is 6.54 Å². The molecule has 0 fully saturated rings. The number of amides is 1. The van der Waals surface area contributed by atoms with Gasteiger partial charge in [-0.05, 0) is 18.2 Å². The lowest BCUT2D eigenvalue weighted by Gasteiger charge is -2.06. The Hall–Kier alpha value is -2.81. The Bertz CT molecular complexity index is 697. The van der Waals surface area contributed by atoms with Gasteiger partial charge in [0.25, 0.3) is 0 Å². The minimum absolute atomic E-state index is 0.0952. The van der Waals surface area contributed by atoms with Crippen LogP contribution in [0.5, 0.6) is 0 Å². The highest BCUT2D eigenvalue weighted by molar-refractivity contribution is 6.03. The zero-order valence-corrected chi connectivity index (χ0v) is 10.7. The number of carboxylic acid groups (broad SMARTS) is 1. The van der Waals surface area contributed by atoms with Gasteiger partial charge in [0.1, 0.15) is 6.54 Å². The van der Waals surface area contributed by atoms with Crippen LogP contribution in [0, 0.1) is 11.3 Å². The van der Waals surface area contributed by atoms with Gasteiger partial charge in [-0.1, -0.05) is 6.07 Å². The van der Waals surface area contributed by atoms with Crippen molar-refractivity contribution in [1.82, 2.24) is 9.88 Å². The molecule has 1 amide bonds. The van der Waals surface area contributed by atoms with Crippen LogP contribution in [0.1, 0.15) is 16.8 Å². The summed E-state index contributed by atoms with van der Waals surface area (Å²) in [6, 6.07) is 8.57. The van der Waals surface area contributed by atoms with Crippen molar-refractivity contribution in [3.05, 3.63) is 36.0 Å². The molecular weight excluding hydrogens is 258 g/mol. The topological polar surface area (TPSA) is 95.1 Å². The van der Waals surface area contributed by atoms with Gasteiger partial charge in [-0.25, -0.2) is 4.79 Å². The molecule has 6 nitrogen and oxygen atoms in total. The summed E-state index contributed by atoms with van der Waals surface area (Å²) in [4.78, 5) is 22.8. The van der Waals surface area contributed by atoms with Gasteiger partial charge in [-0.2, -0.15) is 5.26 Å². The maximum atomic E-state index is 11.7. The highest BCUT2D eigenvalue weighted by Crippen LogP contribution is 2.20. The Morgan fingerprint density at radius 3 is 2.85 bits per heavy atom. The standard InChI is InChI=1S/C14H13N3O3/c15-6-2-7-16-13(18)9-17-8-5-10-11(14(19)20)3-1-4-12(10)17/h1,3-5,8H,2,7,9H2,(H,16,18)(H,19,20). The van der Waals surface area contributed by atoms with Crippen molar-refractivity contribution in [1.29, 1.82) is 5.26 Å². The number of rotatable bonds is 5. The fraction of sp³-hybridized carbons (Fsp3) is 0.214. The van der Waals surface area contributed by atoms with Crippen LogP contribution in [0.2, 0.25) is 0 Å². The van der Waals surface area contributed by atoms with Crippen molar-refractivity contribution < 1.29 is 14.7 Å². The molecule has 1 aromatic heterocycles. The number of benzene rings is 1. The second-order valence-corrected chi connectivity index (χ2v) is 4.25. The molecule has 0 unspecified atom stereocenters. The molecule has 1 heterocycles. The van der Waals surface area contributed by atoms with Crippen molar-refractivity contribution >= 4 is 22.8 Å². The fourth-order valence-electron chi connectivity index (χ4n) is 2.02. The molecule has 1 aromatic carbocycles. The van der Waals surface area contributed by atoms with Crippen molar-refractivity contribution in [3.8, 4) is 6.07 Å². The molecule has 0 bridgehead atoms. The van der Waals surface area contributed by atoms with Gasteiger partial charge in [0, 0.05) is 23.6 Å². The van der Waals surface area contributed by atoms with Crippen LogP contribution in [0.15, 0.2) is 30.5 Å². The lowest BCUT2D eigenvalue weighted by Crippen LogP contribution is -2.27. The van der Waals surface area contributed by atoms with E-state index >= 15 is 0 Å². The third-order valence-corrected chi connectivity index (χ3v) is 2.92. The molecule has 0 saturated heterocycles. The monoisotopic (exact) mass is 271 g/mol. The number of aromatic carboxylic acids is 1. The third kappa shape index (κ3) is 2.78. The maximum absolute atomic E-state index is 11.7. The number of hydrogen-bond acceptors (Lipinski definition) is 3. The van der Waals surface area contributed by atoms with E-state index in [2.05, 4.69) is 5.32 Å². The lowest BCUT2D eigenvalue weighted by atomic mass is 10.1. The summed E-state index contributed by atoms with van der Waals surface area (Å²) in [7, 11) is 0. The molecule has 0 aliphatic carbocycles. The van der Waals surface area contributed by atoms with E-state index in [0.717, 1.165) is 0 Å². The summed E-state index contributed by atoms with van der Waals surface area (Å²) in [5, 5.41) is 20.7. The van der Waals surface area contributed by atoms with E-state index in [1.54, 1.807) is 29.0 Å². The molecule has 20 heavy (non-hydrogen) atoms. The van der Waals surface area contributed by atoms with E-state index in [1.807, 2.05) is 6.07 Å². The number of carbonyl (C=O) groups excluding carboxylic acids is 1. The average Bonchev–Trinajstić information content (AvgIpc) is 2.82. The number of carboxylic acids is 1. The quantitative estimate of drug-likeness (QED) is 0.803. The summed E-state index contributed by atoms with van der Waals surface area (Å²) < 4.78 is 1.68. The molecule has 0 aliphatic heterocycles. The highest BCUT2D eigenvalue weighted by Gasteiger charge is 2.12. The largest absolute Gasteiger partial charge is 0.478 e. The SMILES string of the molecule is N#CCCNC(=O)Cn1ccc2c(C(=O)O)cccc21. The summed E-state index contributed by atoms with van der Waals surface area (Å²) in [6.45, 7) is 0.410. The fourth-order valence-corrected chi connectivity index (χ4v) is 2.02. The van der Waals surface area contributed by atoms with E-state index in [9.17, 15) is 9.59 Å². The molecule has 0 aliphatic rings. The van der Waals surface area contributed by atoms with Crippen molar-refractivity contribution in [3.63, 3.8) is 0 Å². The molecule has 2 rings (SSSR count). The lowest BCUT2D eigenvalue weighted by molar-refractivity contribution is -0.121. The normalized spacial score (nSPS) is 10.2. The minimum Gasteiger partial charge on any atom is -0.478 e. The Morgan fingerprint density at radius 1 is 1.35 bits per heavy atom. The first-order chi connectivity index (χ1) is 9.63. The first-order valence-electron chi connectivity index (χ1n) is 6.08. The van der Waals surface area contributed by atoms with Gasteiger partial charge < -0.3 is 15.0 Å². The molecule has 2 aromatic rings. The molecule has 6 heteroatoms. The van der Waals surface area contributed by atoms with Gasteiger partial charge >= 0.3 is 5.97 Å². The van der Waals surface area contributed by atoms with E-state index < -0.39 is 5.97 Å². The third-order valence-electron chi connectivity index (χ3n) is 2.92. The van der Waals surface area contributed by atoms with E-state index in [0.29, 0.717) is 17.4 Å². The Balaban J connectivity index is 2.20. The van der Waals surface area contributed by atoms with Crippen LogP contribution < -0.4 is 5.32 Å². The molecule has 102 valence electrons. The summed E-state index contributed by atoms with van der Waals surface area (Å²) in [6.07, 6.45) is 1.95. The Kier molecular flexibility index (Phi) is 4.01. The number of nitrogens with one attached hydrogen (secondary N) is 1. The van der Waals surface area contributed by atoms with Crippen molar-refractivity contribution in [2.45, 2.75) is 13.0 Å². The average molecular weight is 271 g/mol. The number of nitrogens with zero attached hydrogens (tertiary/aromatic N) is 2. The molecule has 0 atom stereocenters. The van der Waals surface area contributed by atoms with Crippen LogP contribution in [-0.2, 0) is 11.3 Å².